The van der Waals surface area contributed by atoms with Crippen LogP contribution < -0.4 is 4.80 Å². The van der Waals surface area contributed by atoms with E-state index in [1.54, 1.807) is 24.3 Å². The zero-order chi connectivity index (χ0) is 19.4. The molecule has 0 aliphatic rings. The summed E-state index contributed by atoms with van der Waals surface area (Å²) in [6, 6.07) is 12.1. The van der Waals surface area contributed by atoms with E-state index in [1.807, 2.05) is 23.6 Å². The first-order chi connectivity index (χ1) is 13.0. The molecule has 0 saturated heterocycles. The van der Waals surface area contributed by atoms with Gasteiger partial charge in [-0.2, -0.15) is 4.99 Å². The van der Waals surface area contributed by atoms with Gasteiger partial charge in [0.15, 0.2) is 4.80 Å². The summed E-state index contributed by atoms with van der Waals surface area (Å²) in [5, 5.41) is 10.7. The van der Waals surface area contributed by atoms with Crippen LogP contribution in [0.25, 0.3) is 16.3 Å². The maximum atomic E-state index is 12.3. The van der Waals surface area contributed by atoms with Crippen LogP contribution in [0.3, 0.4) is 0 Å². The lowest BCUT2D eigenvalue weighted by Crippen LogP contribution is -2.15. The van der Waals surface area contributed by atoms with Crippen LogP contribution in [0.5, 0.6) is 0 Å². The van der Waals surface area contributed by atoms with Gasteiger partial charge >= 0.3 is 0 Å². The molecule has 3 rings (SSSR count). The van der Waals surface area contributed by atoms with E-state index < -0.39 is 10.8 Å². The monoisotopic (exact) mass is 379 g/mol. The molecule has 0 aliphatic carbocycles. The number of benzene rings is 2. The number of hydrogen-bond donors (Lipinski definition) is 0. The predicted octanol–water partition coefficient (Wildman–Crippen LogP) is 4.25. The van der Waals surface area contributed by atoms with Gasteiger partial charge in [0.05, 0.1) is 15.1 Å². The van der Waals surface area contributed by atoms with Gasteiger partial charge in [0.25, 0.3) is 11.6 Å². The van der Waals surface area contributed by atoms with Crippen molar-refractivity contribution in [3.8, 4) is 0 Å². The van der Waals surface area contributed by atoms with Gasteiger partial charge < -0.3 is 4.57 Å². The average Bonchev–Trinajstić information content (AvgIpc) is 2.97. The smallest absolute Gasteiger partial charge is 0.272 e. The molecular weight excluding hydrogens is 362 g/mol. The van der Waals surface area contributed by atoms with E-state index in [2.05, 4.69) is 17.6 Å². The highest BCUT2D eigenvalue weighted by atomic mass is 32.1. The number of non-ortho nitro benzene ring substituents is 1. The van der Waals surface area contributed by atoms with Gasteiger partial charge in [0.2, 0.25) is 0 Å². The first-order valence-corrected chi connectivity index (χ1v) is 9.01. The lowest BCUT2D eigenvalue weighted by molar-refractivity contribution is -0.384. The van der Waals surface area contributed by atoms with Crippen molar-refractivity contribution in [2.24, 2.45) is 4.99 Å². The molecule has 0 spiro atoms. The lowest BCUT2D eigenvalue weighted by atomic mass is 10.2. The molecule has 0 bridgehead atoms. The highest BCUT2D eigenvalue weighted by molar-refractivity contribution is 7.16. The third-order valence-corrected chi connectivity index (χ3v) is 4.92. The standard InChI is InChI=1S/C20H17N3O3S/c1-3-12-22-17-10-4-14(2)13-18(17)27-20(22)21-19(24)11-7-15-5-8-16(9-6-15)23(25)26/h3-11,13H,1,12H2,2H3/b11-7-,21-20?. The number of amides is 1. The molecule has 3 aromatic rings. The number of carbonyl (C=O) groups excluding carboxylic acids is 1. The topological polar surface area (TPSA) is 77.5 Å². The number of carbonyl (C=O) groups is 1. The van der Waals surface area contributed by atoms with Gasteiger partial charge in [-0.15, -0.1) is 6.58 Å². The van der Waals surface area contributed by atoms with Crippen LogP contribution in [-0.4, -0.2) is 15.4 Å². The second-order valence-corrected chi connectivity index (χ2v) is 6.90. The highest BCUT2D eigenvalue weighted by Gasteiger charge is 2.07. The number of aryl methyl sites for hydroxylation is 1. The Kier molecular flexibility index (Phi) is 5.42. The zero-order valence-electron chi connectivity index (χ0n) is 14.7. The first kappa shape index (κ1) is 18.5. The van der Waals surface area contributed by atoms with Crippen molar-refractivity contribution in [2.75, 3.05) is 0 Å². The van der Waals surface area contributed by atoms with Crippen molar-refractivity contribution in [1.29, 1.82) is 0 Å². The third-order valence-electron chi connectivity index (χ3n) is 3.88. The number of aromatic nitrogens is 1. The van der Waals surface area contributed by atoms with Gasteiger partial charge in [0, 0.05) is 24.8 Å². The van der Waals surface area contributed by atoms with Gasteiger partial charge in [-0.25, -0.2) is 0 Å². The zero-order valence-corrected chi connectivity index (χ0v) is 15.5. The van der Waals surface area contributed by atoms with Crippen molar-refractivity contribution in [1.82, 2.24) is 4.57 Å². The summed E-state index contributed by atoms with van der Waals surface area (Å²) in [4.78, 5) is 27.3. The molecule has 136 valence electrons. The summed E-state index contributed by atoms with van der Waals surface area (Å²) >= 11 is 1.45. The Morgan fingerprint density at radius 3 is 2.70 bits per heavy atom. The second-order valence-electron chi connectivity index (χ2n) is 5.89. The normalized spacial score (nSPS) is 12.0. The first-order valence-electron chi connectivity index (χ1n) is 8.20. The fraction of sp³-hybridized carbons (Fsp3) is 0.100. The van der Waals surface area contributed by atoms with E-state index in [0.29, 0.717) is 16.9 Å². The molecule has 0 N–H and O–H groups in total. The molecule has 27 heavy (non-hydrogen) atoms. The Hall–Kier alpha value is -3.32. The van der Waals surface area contributed by atoms with Crippen LogP contribution >= 0.6 is 11.3 Å². The van der Waals surface area contributed by atoms with E-state index >= 15 is 0 Å². The maximum Gasteiger partial charge on any atom is 0.272 e. The van der Waals surface area contributed by atoms with Crippen molar-refractivity contribution < 1.29 is 9.72 Å². The van der Waals surface area contributed by atoms with E-state index in [0.717, 1.165) is 15.8 Å². The number of nitro groups is 1. The number of nitro benzene ring substituents is 1. The minimum atomic E-state index is -0.463. The molecule has 0 unspecified atom stereocenters. The van der Waals surface area contributed by atoms with Gasteiger partial charge in [-0.3, -0.25) is 14.9 Å². The highest BCUT2D eigenvalue weighted by Crippen LogP contribution is 2.19. The van der Waals surface area contributed by atoms with E-state index in [9.17, 15) is 14.9 Å². The molecule has 2 aromatic carbocycles. The maximum absolute atomic E-state index is 12.3. The van der Waals surface area contributed by atoms with Crippen molar-refractivity contribution in [2.45, 2.75) is 13.5 Å². The number of rotatable bonds is 5. The lowest BCUT2D eigenvalue weighted by Gasteiger charge is -2.00. The van der Waals surface area contributed by atoms with Crippen LogP contribution in [-0.2, 0) is 11.3 Å². The quantitative estimate of drug-likeness (QED) is 0.288. The van der Waals surface area contributed by atoms with Crippen molar-refractivity contribution in [3.05, 3.63) is 87.2 Å². The molecule has 0 radical (unpaired) electrons. The molecule has 0 aliphatic heterocycles. The molecule has 0 atom stereocenters. The third kappa shape index (κ3) is 4.27. The number of hydrogen-bond acceptors (Lipinski definition) is 4. The molecular formula is C20H17N3O3S. The van der Waals surface area contributed by atoms with Gasteiger partial charge in [-0.1, -0.05) is 23.5 Å². The summed E-state index contributed by atoms with van der Waals surface area (Å²) < 4.78 is 3.01. The Balaban J connectivity index is 1.91. The van der Waals surface area contributed by atoms with Gasteiger partial charge in [0.1, 0.15) is 0 Å². The van der Waals surface area contributed by atoms with Crippen molar-refractivity contribution >= 4 is 39.2 Å². The molecule has 7 heteroatoms. The van der Waals surface area contributed by atoms with Crippen molar-refractivity contribution in [3.63, 3.8) is 0 Å². The summed E-state index contributed by atoms with van der Waals surface area (Å²) in [5.41, 5.74) is 2.85. The van der Waals surface area contributed by atoms with E-state index in [1.165, 1.54) is 29.5 Å². The van der Waals surface area contributed by atoms with Crippen LogP contribution in [0.15, 0.2) is 66.2 Å². The Bertz CT molecular complexity index is 1120. The van der Waals surface area contributed by atoms with E-state index in [4.69, 9.17) is 0 Å². The number of nitrogens with zero attached hydrogens (tertiary/aromatic N) is 3. The molecule has 1 heterocycles. The summed E-state index contributed by atoms with van der Waals surface area (Å²) in [6.45, 7) is 6.35. The summed E-state index contributed by atoms with van der Waals surface area (Å²) in [7, 11) is 0. The number of fused-ring (bicyclic) bond motifs is 1. The van der Waals surface area contributed by atoms with Gasteiger partial charge in [-0.05, 0) is 48.4 Å². The van der Waals surface area contributed by atoms with Crippen LogP contribution in [0.1, 0.15) is 11.1 Å². The fourth-order valence-electron chi connectivity index (χ4n) is 2.58. The molecule has 1 aromatic heterocycles. The molecule has 1 amide bonds. The predicted molar refractivity (Wildman–Crippen MR) is 107 cm³/mol. The minimum Gasteiger partial charge on any atom is -0.312 e. The number of allylic oxidation sites excluding steroid dienone is 1. The second kappa shape index (κ2) is 7.92. The summed E-state index contributed by atoms with van der Waals surface area (Å²) in [5.74, 6) is -0.394. The van der Waals surface area contributed by atoms with Crippen LogP contribution in [0.2, 0.25) is 0 Å². The SMILES string of the molecule is C=CCn1c(=NC(=O)/C=C\c2ccc([N+](=O)[O-])cc2)sc2cc(C)ccc21. The fourth-order valence-corrected chi connectivity index (χ4v) is 3.72. The Morgan fingerprint density at radius 1 is 1.30 bits per heavy atom. The largest absolute Gasteiger partial charge is 0.312 e. The van der Waals surface area contributed by atoms with Crippen LogP contribution in [0.4, 0.5) is 5.69 Å². The van der Waals surface area contributed by atoms with Crippen LogP contribution in [0, 0.1) is 17.0 Å². The summed E-state index contributed by atoms with van der Waals surface area (Å²) in [6.07, 6.45) is 4.71. The Labute approximate surface area is 159 Å². The molecule has 0 fully saturated rings. The average molecular weight is 379 g/mol. The molecule has 6 nitrogen and oxygen atoms in total. The Morgan fingerprint density at radius 2 is 2.04 bits per heavy atom. The minimum absolute atomic E-state index is 0.00852. The number of thiazole rings is 1. The van der Waals surface area contributed by atoms with E-state index in [-0.39, 0.29) is 5.69 Å². The molecule has 0 saturated carbocycles.